The highest BCUT2D eigenvalue weighted by atomic mass is 19.1. The number of esters is 1. The zero-order valence-electron chi connectivity index (χ0n) is 9.35. The highest BCUT2D eigenvalue weighted by Crippen LogP contribution is 2.26. The molecule has 0 amide bonds. The van der Waals surface area contributed by atoms with E-state index in [2.05, 4.69) is 11.6 Å². The summed E-state index contributed by atoms with van der Waals surface area (Å²) in [6.45, 7) is 5.84. The second-order valence-electron chi connectivity index (χ2n) is 3.64. The van der Waals surface area contributed by atoms with E-state index in [1.807, 2.05) is 0 Å². The van der Waals surface area contributed by atoms with Crippen molar-refractivity contribution < 1.29 is 18.7 Å². The van der Waals surface area contributed by atoms with Crippen molar-refractivity contribution in [2.75, 3.05) is 6.61 Å². The maximum Gasteiger partial charge on any atom is 0.365 e. The molecule has 17 heavy (non-hydrogen) atoms. The van der Waals surface area contributed by atoms with Crippen molar-refractivity contribution in [3.63, 3.8) is 0 Å². The quantitative estimate of drug-likeness (QED) is 0.704. The molecule has 90 valence electrons. The SMILES string of the molecule is C=C1C=C(F)C=CC1C1=NC(OCC)C(=O)O1. The van der Waals surface area contributed by atoms with Crippen LogP contribution in [0.25, 0.3) is 0 Å². The van der Waals surface area contributed by atoms with E-state index in [4.69, 9.17) is 9.47 Å². The van der Waals surface area contributed by atoms with Gasteiger partial charge >= 0.3 is 5.97 Å². The molecule has 1 heterocycles. The smallest absolute Gasteiger partial charge is 0.365 e. The molecule has 2 atom stereocenters. The molecule has 0 aromatic carbocycles. The summed E-state index contributed by atoms with van der Waals surface area (Å²) in [5.41, 5.74) is 0.494. The topological polar surface area (TPSA) is 47.9 Å². The van der Waals surface area contributed by atoms with Crippen LogP contribution >= 0.6 is 0 Å². The van der Waals surface area contributed by atoms with E-state index in [0.29, 0.717) is 12.2 Å². The number of allylic oxidation sites excluding steroid dienone is 3. The molecule has 2 aliphatic rings. The van der Waals surface area contributed by atoms with Crippen molar-refractivity contribution in [1.29, 1.82) is 0 Å². The second-order valence-corrected chi connectivity index (χ2v) is 3.64. The molecule has 1 aliphatic carbocycles. The van der Waals surface area contributed by atoms with Crippen LogP contribution in [0.1, 0.15) is 6.92 Å². The van der Waals surface area contributed by atoms with Crippen LogP contribution in [0.2, 0.25) is 0 Å². The second kappa shape index (κ2) is 4.63. The van der Waals surface area contributed by atoms with Gasteiger partial charge in [0.1, 0.15) is 5.83 Å². The first-order valence-electron chi connectivity index (χ1n) is 5.27. The van der Waals surface area contributed by atoms with Crippen molar-refractivity contribution in [2.24, 2.45) is 10.9 Å². The first kappa shape index (κ1) is 11.7. The molecule has 4 nitrogen and oxygen atoms in total. The fraction of sp³-hybridized carbons (Fsp3) is 0.333. The van der Waals surface area contributed by atoms with Gasteiger partial charge in [-0.3, -0.25) is 0 Å². The first-order valence-corrected chi connectivity index (χ1v) is 5.27. The van der Waals surface area contributed by atoms with Crippen LogP contribution in [0.15, 0.2) is 41.2 Å². The lowest BCUT2D eigenvalue weighted by atomic mass is 9.95. The minimum Gasteiger partial charge on any atom is -0.407 e. The zero-order valence-corrected chi connectivity index (χ0v) is 9.35. The summed E-state index contributed by atoms with van der Waals surface area (Å²) in [5.74, 6) is -1.11. The number of aliphatic imine (C=N–C) groups is 1. The van der Waals surface area contributed by atoms with E-state index in [-0.39, 0.29) is 11.7 Å². The molecule has 0 saturated heterocycles. The maximum absolute atomic E-state index is 12.9. The Hall–Kier alpha value is -1.75. The first-order chi connectivity index (χ1) is 8.11. The van der Waals surface area contributed by atoms with Gasteiger partial charge in [0.25, 0.3) is 6.23 Å². The van der Waals surface area contributed by atoms with Crippen molar-refractivity contribution in [3.05, 3.63) is 36.2 Å². The van der Waals surface area contributed by atoms with Gasteiger partial charge in [-0.05, 0) is 24.6 Å². The highest BCUT2D eigenvalue weighted by Gasteiger charge is 2.34. The molecule has 2 rings (SSSR count). The number of carbonyl (C=O) groups excluding carboxylic acids is 1. The van der Waals surface area contributed by atoms with Crippen LogP contribution in [0.3, 0.4) is 0 Å². The van der Waals surface area contributed by atoms with E-state index in [0.717, 1.165) is 0 Å². The minimum absolute atomic E-state index is 0.207. The maximum atomic E-state index is 12.9. The van der Waals surface area contributed by atoms with Gasteiger partial charge in [-0.25, -0.2) is 14.2 Å². The lowest BCUT2D eigenvalue weighted by Crippen LogP contribution is -2.20. The molecule has 1 aliphatic heterocycles. The Morgan fingerprint density at radius 1 is 1.65 bits per heavy atom. The largest absolute Gasteiger partial charge is 0.407 e. The average molecular weight is 237 g/mol. The summed E-state index contributed by atoms with van der Waals surface area (Å²) >= 11 is 0. The van der Waals surface area contributed by atoms with Gasteiger partial charge in [0, 0.05) is 6.61 Å². The molecular weight excluding hydrogens is 225 g/mol. The predicted molar refractivity (Wildman–Crippen MR) is 59.9 cm³/mol. The van der Waals surface area contributed by atoms with E-state index in [1.54, 1.807) is 13.0 Å². The van der Waals surface area contributed by atoms with E-state index >= 15 is 0 Å². The van der Waals surface area contributed by atoms with Crippen LogP contribution in [0, 0.1) is 5.92 Å². The molecule has 0 fully saturated rings. The fourth-order valence-electron chi connectivity index (χ4n) is 1.62. The number of cyclic esters (lactones) is 1. The highest BCUT2D eigenvalue weighted by molar-refractivity contribution is 5.99. The number of nitrogens with zero attached hydrogens (tertiary/aromatic N) is 1. The van der Waals surface area contributed by atoms with Crippen LogP contribution in [0.4, 0.5) is 4.39 Å². The summed E-state index contributed by atoms with van der Waals surface area (Å²) in [4.78, 5) is 15.4. The van der Waals surface area contributed by atoms with Gasteiger partial charge in [-0.2, -0.15) is 0 Å². The number of carbonyl (C=O) groups is 1. The molecule has 2 unspecified atom stereocenters. The monoisotopic (exact) mass is 237 g/mol. The summed E-state index contributed by atoms with van der Waals surface area (Å²) < 4.78 is 23.0. The number of rotatable bonds is 3. The summed E-state index contributed by atoms with van der Waals surface area (Å²) in [7, 11) is 0. The molecule has 5 heteroatoms. The Labute approximate surface area is 98.1 Å². The molecule has 0 aromatic heterocycles. The normalized spacial score (nSPS) is 27.9. The van der Waals surface area contributed by atoms with Crippen molar-refractivity contribution in [3.8, 4) is 0 Å². The third-order valence-electron chi connectivity index (χ3n) is 2.41. The summed E-state index contributed by atoms with van der Waals surface area (Å²) in [5, 5.41) is 0. The lowest BCUT2D eigenvalue weighted by Gasteiger charge is -2.14. The standard InChI is InChI=1S/C12H12FNO3/c1-3-16-11-12(15)17-10(14-11)9-5-4-8(13)6-7(9)2/h4-6,9,11H,2-3H2,1H3. The number of hydrogen-bond donors (Lipinski definition) is 0. The lowest BCUT2D eigenvalue weighted by molar-refractivity contribution is -0.144. The predicted octanol–water partition coefficient (Wildman–Crippen LogP) is 1.90. The van der Waals surface area contributed by atoms with Crippen LogP contribution in [0.5, 0.6) is 0 Å². The average Bonchev–Trinajstić information content (AvgIpc) is 2.60. The molecular formula is C12H12FNO3. The van der Waals surface area contributed by atoms with E-state index < -0.39 is 18.1 Å². The molecule has 0 aromatic rings. The molecule has 0 radical (unpaired) electrons. The van der Waals surface area contributed by atoms with E-state index in [1.165, 1.54) is 12.2 Å². The van der Waals surface area contributed by atoms with E-state index in [9.17, 15) is 9.18 Å². The van der Waals surface area contributed by atoms with Gasteiger partial charge < -0.3 is 9.47 Å². The zero-order chi connectivity index (χ0) is 12.4. The van der Waals surface area contributed by atoms with Crippen molar-refractivity contribution >= 4 is 11.9 Å². The third-order valence-corrected chi connectivity index (χ3v) is 2.41. The Bertz CT molecular complexity index is 451. The van der Waals surface area contributed by atoms with Gasteiger partial charge in [-0.1, -0.05) is 12.7 Å². The molecule has 0 saturated carbocycles. The van der Waals surface area contributed by atoms with Crippen molar-refractivity contribution in [1.82, 2.24) is 0 Å². The number of halogens is 1. The Kier molecular flexibility index (Phi) is 3.19. The Balaban J connectivity index is 2.15. The van der Waals surface area contributed by atoms with Gasteiger partial charge in [0.15, 0.2) is 0 Å². The van der Waals surface area contributed by atoms with Gasteiger partial charge in [-0.15, -0.1) is 0 Å². The van der Waals surface area contributed by atoms with Gasteiger partial charge in [0.05, 0.1) is 5.92 Å². The van der Waals surface area contributed by atoms with Gasteiger partial charge in [0.2, 0.25) is 5.90 Å². The summed E-state index contributed by atoms with van der Waals surface area (Å²) in [6.07, 6.45) is 3.23. The van der Waals surface area contributed by atoms with Crippen LogP contribution in [-0.4, -0.2) is 24.7 Å². The minimum atomic E-state index is -0.910. The molecule has 0 spiro atoms. The fourth-order valence-corrected chi connectivity index (χ4v) is 1.62. The molecule has 0 N–H and O–H groups in total. The number of ether oxygens (including phenoxy) is 2. The van der Waals surface area contributed by atoms with Crippen LogP contribution < -0.4 is 0 Å². The number of hydrogen-bond acceptors (Lipinski definition) is 4. The Morgan fingerprint density at radius 2 is 2.41 bits per heavy atom. The van der Waals surface area contributed by atoms with Crippen LogP contribution in [-0.2, 0) is 14.3 Å². The molecule has 0 bridgehead atoms. The van der Waals surface area contributed by atoms with Crippen molar-refractivity contribution in [2.45, 2.75) is 13.2 Å². The summed E-state index contributed by atoms with van der Waals surface area (Å²) in [6, 6.07) is 0. The third kappa shape index (κ3) is 2.34. The Morgan fingerprint density at radius 3 is 3.06 bits per heavy atom.